The van der Waals surface area contributed by atoms with Gasteiger partial charge in [0, 0.05) is 13.2 Å². The Morgan fingerprint density at radius 3 is 1.68 bits per heavy atom. The molecule has 3 fully saturated rings. The highest BCUT2D eigenvalue weighted by atomic mass is 16.3. The summed E-state index contributed by atoms with van der Waals surface area (Å²) in [5.41, 5.74) is 0. The molecule has 0 bridgehead atoms. The van der Waals surface area contributed by atoms with Gasteiger partial charge >= 0.3 is 0 Å². The van der Waals surface area contributed by atoms with E-state index in [1.165, 1.54) is 77.5 Å². The molecule has 0 spiro atoms. The summed E-state index contributed by atoms with van der Waals surface area (Å²) in [7, 11) is 0. The van der Waals surface area contributed by atoms with E-state index in [1.807, 2.05) is 0 Å². The summed E-state index contributed by atoms with van der Waals surface area (Å²) in [6.07, 6.45) is 10.8. The van der Waals surface area contributed by atoms with Crippen LogP contribution in [0.5, 0.6) is 0 Å². The van der Waals surface area contributed by atoms with Crippen molar-refractivity contribution >= 4 is 0 Å². The van der Waals surface area contributed by atoms with Crippen molar-refractivity contribution in [3.63, 3.8) is 0 Å². The largest absolute Gasteiger partial charge is 0.396 e. The van der Waals surface area contributed by atoms with Crippen molar-refractivity contribution in [2.45, 2.75) is 58.3 Å². The molecule has 132 valence electrons. The van der Waals surface area contributed by atoms with E-state index in [9.17, 15) is 0 Å². The molecule has 0 aromatic heterocycles. The maximum Gasteiger partial charge on any atom is 0.0471 e. The van der Waals surface area contributed by atoms with Gasteiger partial charge in [0.1, 0.15) is 0 Å². The van der Waals surface area contributed by atoms with E-state index in [0.717, 1.165) is 19.0 Å². The molecule has 1 atom stereocenters. The Hall–Kier alpha value is -0.160. The van der Waals surface area contributed by atoms with Crippen LogP contribution in [0.4, 0.5) is 0 Å². The van der Waals surface area contributed by atoms with Crippen molar-refractivity contribution in [3.05, 3.63) is 0 Å². The molecule has 3 heterocycles. The third kappa shape index (κ3) is 10.5. The summed E-state index contributed by atoms with van der Waals surface area (Å²) >= 11 is 0. The quantitative estimate of drug-likeness (QED) is 0.631. The van der Waals surface area contributed by atoms with Crippen molar-refractivity contribution in [3.8, 4) is 0 Å². The summed E-state index contributed by atoms with van der Waals surface area (Å²) in [4.78, 5) is 0. The maximum atomic E-state index is 8.65. The summed E-state index contributed by atoms with van der Waals surface area (Å²) in [5, 5.41) is 18.5. The number of aliphatic hydroxyl groups is 1. The summed E-state index contributed by atoms with van der Waals surface area (Å²) < 4.78 is 0. The van der Waals surface area contributed by atoms with E-state index in [4.69, 9.17) is 5.11 Å². The predicted molar refractivity (Wildman–Crippen MR) is 95.3 cm³/mol. The molecule has 0 radical (unpaired) electrons. The van der Waals surface area contributed by atoms with Gasteiger partial charge in [-0.2, -0.15) is 0 Å². The SMILES string of the molecule is C1CCNCC1.CCC1CCNCC1.OCC1CCCNC1. The van der Waals surface area contributed by atoms with Crippen LogP contribution in [-0.2, 0) is 0 Å². The van der Waals surface area contributed by atoms with Crippen LogP contribution in [0, 0.1) is 11.8 Å². The van der Waals surface area contributed by atoms with E-state index in [2.05, 4.69) is 22.9 Å². The second-order valence-corrected chi connectivity index (χ2v) is 6.81. The number of nitrogens with one attached hydrogen (secondary N) is 3. The zero-order valence-electron chi connectivity index (χ0n) is 14.7. The highest BCUT2D eigenvalue weighted by Crippen LogP contribution is 2.14. The van der Waals surface area contributed by atoms with Crippen molar-refractivity contribution in [2.24, 2.45) is 11.8 Å². The number of rotatable bonds is 2. The van der Waals surface area contributed by atoms with Crippen LogP contribution in [0.2, 0.25) is 0 Å². The van der Waals surface area contributed by atoms with Gasteiger partial charge in [0.15, 0.2) is 0 Å². The fourth-order valence-corrected chi connectivity index (χ4v) is 3.17. The van der Waals surface area contributed by atoms with Crippen LogP contribution in [0.1, 0.15) is 58.3 Å². The van der Waals surface area contributed by atoms with E-state index in [1.54, 1.807) is 0 Å². The van der Waals surface area contributed by atoms with Crippen molar-refractivity contribution in [2.75, 3.05) is 45.9 Å². The molecule has 3 aliphatic rings. The molecule has 0 saturated carbocycles. The Kier molecular flexibility index (Phi) is 13.0. The van der Waals surface area contributed by atoms with Gasteiger partial charge in [-0.3, -0.25) is 0 Å². The molecule has 0 aromatic rings. The molecule has 0 aromatic carbocycles. The molecule has 4 nitrogen and oxygen atoms in total. The minimum absolute atomic E-state index is 0.354. The molecule has 0 aliphatic carbocycles. The molecule has 22 heavy (non-hydrogen) atoms. The molecule has 3 rings (SSSR count). The van der Waals surface area contributed by atoms with Gasteiger partial charge in [-0.15, -0.1) is 0 Å². The number of aliphatic hydroxyl groups excluding tert-OH is 1. The zero-order chi connectivity index (χ0) is 15.9. The Morgan fingerprint density at radius 2 is 1.36 bits per heavy atom. The van der Waals surface area contributed by atoms with Crippen LogP contribution in [-0.4, -0.2) is 51.0 Å². The third-order valence-corrected chi connectivity index (χ3v) is 4.90. The second kappa shape index (κ2) is 14.4. The second-order valence-electron chi connectivity index (χ2n) is 6.81. The van der Waals surface area contributed by atoms with Gasteiger partial charge in [0.2, 0.25) is 0 Å². The van der Waals surface area contributed by atoms with Crippen LogP contribution in [0.3, 0.4) is 0 Å². The minimum atomic E-state index is 0.354. The fraction of sp³-hybridized carbons (Fsp3) is 1.00. The van der Waals surface area contributed by atoms with Gasteiger partial charge in [-0.05, 0) is 83.1 Å². The van der Waals surface area contributed by atoms with Gasteiger partial charge in [-0.1, -0.05) is 19.8 Å². The third-order valence-electron chi connectivity index (χ3n) is 4.90. The van der Waals surface area contributed by atoms with E-state index < -0.39 is 0 Å². The van der Waals surface area contributed by atoms with E-state index in [0.29, 0.717) is 12.5 Å². The molecule has 3 aliphatic heterocycles. The standard InChI is InChI=1S/C7H15N.C6H13NO.C5H11N/c1-2-7-3-5-8-6-4-7;8-5-6-2-1-3-7-4-6;1-2-4-6-5-3-1/h7-8H,2-6H2,1H3;6-8H,1-5H2;6H,1-5H2. The zero-order valence-corrected chi connectivity index (χ0v) is 14.7. The number of hydrogen-bond donors (Lipinski definition) is 4. The van der Waals surface area contributed by atoms with Crippen LogP contribution >= 0.6 is 0 Å². The average molecular weight is 314 g/mol. The first-order valence-electron chi connectivity index (χ1n) is 9.59. The summed E-state index contributed by atoms with van der Waals surface area (Å²) in [5.74, 6) is 1.56. The van der Waals surface area contributed by atoms with E-state index >= 15 is 0 Å². The molecule has 1 unspecified atom stereocenters. The lowest BCUT2D eigenvalue weighted by Gasteiger charge is -2.20. The highest BCUT2D eigenvalue weighted by Gasteiger charge is 2.10. The summed E-state index contributed by atoms with van der Waals surface area (Å²) in [6.45, 7) is 9.78. The first-order valence-corrected chi connectivity index (χ1v) is 9.59. The van der Waals surface area contributed by atoms with Crippen LogP contribution < -0.4 is 16.0 Å². The van der Waals surface area contributed by atoms with Crippen molar-refractivity contribution in [1.29, 1.82) is 0 Å². The average Bonchev–Trinajstić information content (AvgIpc) is 2.65. The number of piperidine rings is 3. The predicted octanol–water partition coefficient (Wildman–Crippen LogP) is 2.13. The molecule has 0 amide bonds. The van der Waals surface area contributed by atoms with Gasteiger partial charge in [-0.25, -0.2) is 0 Å². The molecular formula is C18H39N3O. The maximum absolute atomic E-state index is 8.65. The smallest absolute Gasteiger partial charge is 0.0471 e. The molecule has 4 N–H and O–H groups in total. The minimum Gasteiger partial charge on any atom is -0.396 e. The summed E-state index contributed by atoms with van der Waals surface area (Å²) in [6, 6.07) is 0. The first kappa shape index (κ1) is 19.9. The Morgan fingerprint density at radius 1 is 0.727 bits per heavy atom. The Bertz CT molecular complexity index is 193. The van der Waals surface area contributed by atoms with E-state index in [-0.39, 0.29) is 0 Å². The number of hydrogen-bond acceptors (Lipinski definition) is 4. The van der Waals surface area contributed by atoms with Gasteiger partial charge in [0.05, 0.1) is 0 Å². The lowest BCUT2D eigenvalue weighted by atomic mass is 9.96. The Labute approximate surface area is 137 Å². The normalized spacial score (nSPS) is 26.2. The lowest BCUT2D eigenvalue weighted by Crippen LogP contribution is -2.31. The monoisotopic (exact) mass is 313 g/mol. The first-order chi connectivity index (χ1) is 10.9. The topological polar surface area (TPSA) is 56.3 Å². The molecular weight excluding hydrogens is 274 g/mol. The van der Waals surface area contributed by atoms with Gasteiger partial charge < -0.3 is 21.1 Å². The Balaban J connectivity index is 0.000000167. The van der Waals surface area contributed by atoms with Gasteiger partial charge in [0.25, 0.3) is 0 Å². The molecule has 3 saturated heterocycles. The molecule has 4 heteroatoms. The van der Waals surface area contributed by atoms with Crippen molar-refractivity contribution < 1.29 is 5.11 Å². The van der Waals surface area contributed by atoms with Crippen LogP contribution in [0.15, 0.2) is 0 Å². The van der Waals surface area contributed by atoms with Crippen LogP contribution in [0.25, 0.3) is 0 Å². The highest BCUT2D eigenvalue weighted by molar-refractivity contribution is 4.67. The lowest BCUT2D eigenvalue weighted by molar-refractivity contribution is 0.199. The fourth-order valence-electron chi connectivity index (χ4n) is 3.17. The van der Waals surface area contributed by atoms with Crippen molar-refractivity contribution in [1.82, 2.24) is 16.0 Å².